The first kappa shape index (κ1) is 18.5. The molecular formula is C23H27N3O2. The highest BCUT2D eigenvalue weighted by Gasteiger charge is 2.39. The van der Waals surface area contributed by atoms with Crippen molar-refractivity contribution in [2.75, 3.05) is 29.9 Å². The van der Waals surface area contributed by atoms with Gasteiger partial charge in [-0.1, -0.05) is 30.3 Å². The van der Waals surface area contributed by atoms with E-state index in [-0.39, 0.29) is 23.8 Å². The van der Waals surface area contributed by atoms with Gasteiger partial charge in [0.25, 0.3) is 0 Å². The van der Waals surface area contributed by atoms with Crippen LogP contribution in [0.3, 0.4) is 0 Å². The minimum Gasteiger partial charge on any atom is -0.380 e. The molecule has 2 aromatic rings. The molecule has 2 unspecified atom stereocenters. The number of hydrogen-bond acceptors (Lipinski definition) is 3. The molecule has 146 valence electrons. The maximum atomic E-state index is 13.0. The van der Waals surface area contributed by atoms with E-state index in [2.05, 4.69) is 5.32 Å². The molecule has 2 amide bonds. The standard InChI is InChI=1S/C23H27N3O2/c1-16-7-6-10-21(17(16)2)26-14-18(13-22(26)27)23(28)25-12-11-20(15-25)24-19-8-4-3-5-9-19/h3-10,18,20,24H,11-15H2,1-2H3. The lowest BCUT2D eigenvalue weighted by molar-refractivity contribution is -0.134. The Morgan fingerprint density at radius 3 is 2.61 bits per heavy atom. The predicted molar refractivity (Wildman–Crippen MR) is 111 cm³/mol. The van der Waals surface area contributed by atoms with E-state index in [4.69, 9.17) is 0 Å². The third kappa shape index (κ3) is 3.61. The zero-order chi connectivity index (χ0) is 19.7. The van der Waals surface area contributed by atoms with E-state index in [0.717, 1.165) is 35.5 Å². The number of likely N-dealkylation sites (tertiary alicyclic amines) is 1. The molecule has 1 N–H and O–H groups in total. The fourth-order valence-electron chi connectivity index (χ4n) is 4.24. The summed E-state index contributed by atoms with van der Waals surface area (Å²) in [5, 5.41) is 3.50. The summed E-state index contributed by atoms with van der Waals surface area (Å²) in [7, 11) is 0. The van der Waals surface area contributed by atoms with Crippen LogP contribution in [0, 0.1) is 19.8 Å². The van der Waals surface area contributed by atoms with Gasteiger partial charge in [-0.25, -0.2) is 0 Å². The maximum Gasteiger partial charge on any atom is 0.228 e. The van der Waals surface area contributed by atoms with E-state index in [0.29, 0.717) is 19.5 Å². The first-order valence-electron chi connectivity index (χ1n) is 10.00. The normalized spacial score (nSPS) is 22.0. The highest BCUT2D eigenvalue weighted by atomic mass is 16.2. The van der Waals surface area contributed by atoms with Crippen LogP contribution in [-0.4, -0.2) is 42.4 Å². The minimum atomic E-state index is -0.247. The van der Waals surface area contributed by atoms with Gasteiger partial charge in [-0.3, -0.25) is 9.59 Å². The topological polar surface area (TPSA) is 52.7 Å². The minimum absolute atomic E-state index is 0.0465. The van der Waals surface area contributed by atoms with Crippen molar-refractivity contribution >= 4 is 23.2 Å². The molecule has 0 radical (unpaired) electrons. The van der Waals surface area contributed by atoms with Crippen LogP contribution in [0.1, 0.15) is 24.0 Å². The Morgan fingerprint density at radius 1 is 1.04 bits per heavy atom. The molecule has 5 heteroatoms. The number of hydrogen-bond donors (Lipinski definition) is 1. The van der Waals surface area contributed by atoms with Crippen LogP contribution in [-0.2, 0) is 9.59 Å². The predicted octanol–water partition coefficient (Wildman–Crippen LogP) is 3.37. The number of amides is 2. The summed E-state index contributed by atoms with van der Waals surface area (Å²) in [6, 6.07) is 16.4. The average molecular weight is 377 g/mol. The SMILES string of the molecule is Cc1cccc(N2CC(C(=O)N3CCC(Nc4ccccc4)C3)CC2=O)c1C. The van der Waals surface area contributed by atoms with Gasteiger partial charge in [0.2, 0.25) is 11.8 Å². The number of nitrogens with zero attached hydrogens (tertiary/aromatic N) is 2. The highest BCUT2D eigenvalue weighted by Crippen LogP contribution is 2.31. The van der Waals surface area contributed by atoms with Crippen LogP contribution < -0.4 is 10.2 Å². The van der Waals surface area contributed by atoms with Crippen LogP contribution in [0.15, 0.2) is 48.5 Å². The van der Waals surface area contributed by atoms with Crippen LogP contribution in [0.5, 0.6) is 0 Å². The van der Waals surface area contributed by atoms with Crippen LogP contribution in [0.25, 0.3) is 0 Å². The molecule has 2 fully saturated rings. The van der Waals surface area contributed by atoms with Crippen molar-refractivity contribution in [3.05, 3.63) is 59.7 Å². The van der Waals surface area contributed by atoms with E-state index < -0.39 is 0 Å². The molecular weight excluding hydrogens is 350 g/mol. The van der Waals surface area contributed by atoms with E-state index in [1.54, 1.807) is 4.90 Å². The summed E-state index contributed by atoms with van der Waals surface area (Å²) < 4.78 is 0. The molecule has 0 spiro atoms. The number of carbonyl (C=O) groups excluding carboxylic acids is 2. The van der Waals surface area contributed by atoms with Crippen molar-refractivity contribution in [3.8, 4) is 0 Å². The highest BCUT2D eigenvalue weighted by molar-refractivity contribution is 6.01. The smallest absolute Gasteiger partial charge is 0.228 e. The monoisotopic (exact) mass is 377 g/mol. The Balaban J connectivity index is 1.39. The number of nitrogens with one attached hydrogen (secondary N) is 1. The largest absolute Gasteiger partial charge is 0.380 e. The van der Waals surface area contributed by atoms with Crippen LogP contribution in [0.4, 0.5) is 11.4 Å². The molecule has 0 aliphatic carbocycles. The first-order valence-corrected chi connectivity index (χ1v) is 10.00. The number of aryl methyl sites for hydroxylation is 1. The molecule has 0 bridgehead atoms. The lowest BCUT2D eigenvalue weighted by atomic mass is 10.1. The van der Waals surface area contributed by atoms with Crippen molar-refractivity contribution in [1.82, 2.24) is 4.90 Å². The van der Waals surface area contributed by atoms with E-state index in [1.165, 1.54) is 0 Å². The molecule has 0 saturated carbocycles. The number of carbonyl (C=O) groups is 2. The molecule has 28 heavy (non-hydrogen) atoms. The quantitative estimate of drug-likeness (QED) is 0.889. The first-order chi connectivity index (χ1) is 13.5. The molecule has 2 saturated heterocycles. The molecule has 0 aromatic heterocycles. The Morgan fingerprint density at radius 2 is 1.82 bits per heavy atom. The van der Waals surface area contributed by atoms with Gasteiger partial charge in [0.15, 0.2) is 0 Å². The average Bonchev–Trinajstić information content (AvgIpc) is 3.31. The molecule has 2 atom stereocenters. The van der Waals surface area contributed by atoms with Crippen molar-refractivity contribution in [2.24, 2.45) is 5.92 Å². The van der Waals surface area contributed by atoms with Crippen molar-refractivity contribution in [3.63, 3.8) is 0 Å². The molecule has 5 nitrogen and oxygen atoms in total. The summed E-state index contributed by atoms with van der Waals surface area (Å²) in [6.07, 6.45) is 1.24. The summed E-state index contributed by atoms with van der Waals surface area (Å²) in [5.74, 6) is -0.0911. The number of benzene rings is 2. The zero-order valence-corrected chi connectivity index (χ0v) is 16.5. The molecule has 4 rings (SSSR count). The lowest BCUT2D eigenvalue weighted by Crippen LogP contribution is -2.37. The molecule has 2 aromatic carbocycles. The second-order valence-corrected chi connectivity index (χ2v) is 7.90. The van der Waals surface area contributed by atoms with Gasteiger partial charge >= 0.3 is 0 Å². The van der Waals surface area contributed by atoms with Crippen molar-refractivity contribution in [2.45, 2.75) is 32.7 Å². The fraction of sp³-hybridized carbons (Fsp3) is 0.391. The lowest BCUT2D eigenvalue weighted by Gasteiger charge is -2.22. The summed E-state index contributed by atoms with van der Waals surface area (Å²) in [6.45, 7) is 6.01. The maximum absolute atomic E-state index is 13.0. The molecule has 2 heterocycles. The van der Waals surface area contributed by atoms with Crippen molar-refractivity contribution in [1.29, 1.82) is 0 Å². The van der Waals surface area contributed by atoms with Crippen molar-refractivity contribution < 1.29 is 9.59 Å². The molecule has 2 aliphatic heterocycles. The molecule has 2 aliphatic rings. The summed E-state index contributed by atoms with van der Waals surface area (Å²) >= 11 is 0. The second kappa shape index (κ2) is 7.66. The van der Waals surface area contributed by atoms with Gasteiger partial charge in [0, 0.05) is 43.5 Å². The van der Waals surface area contributed by atoms with E-state index in [1.807, 2.05) is 67.3 Å². The fourth-order valence-corrected chi connectivity index (χ4v) is 4.24. The van der Waals surface area contributed by atoms with Gasteiger partial charge in [-0.05, 0) is 49.6 Å². The zero-order valence-electron chi connectivity index (χ0n) is 16.5. The van der Waals surface area contributed by atoms with Gasteiger partial charge in [0.1, 0.15) is 0 Å². The Hall–Kier alpha value is -2.82. The second-order valence-electron chi connectivity index (χ2n) is 7.90. The van der Waals surface area contributed by atoms with Gasteiger partial charge in [0.05, 0.1) is 5.92 Å². The summed E-state index contributed by atoms with van der Waals surface area (Å²) in [4.78, 5) is 29.4. The van der Waals surface area contributed by atoms with Gasteiger partial charge in [-0.15, -0.1) is 0 Å². The van der Waals surface area contributed by atoms with Crippen LogP contribution >= 0.6 is 0 Å². The Labute approximate surface area is 166 Å². The summed E-state index contributed by atoms with van der Waals surface area (Å²) in [5.41, 5.74) is 4.29. The van der Waals surface area contributed by atoms with E-state index >= 15 is 0 Å². The van der Waals surface area contributed by atoms with Crippen LogP contribution in [0.2, 0.25) is 0 Å². The Bertz CT molecular complexity index is 881. The number of para-hydroxylation sites is 1. The van der Waals surface area contributed by atoms with Gasteiger partial charge < -0.3 is 15.1 Å². The Kier molecular flexibility index (Phi) is 5.07. The number of anilines is 2. The number of rotatable bonds is 4. The van der Waals surface area contributed by atoms with E-state index in [9.17, 15) is 9.59 Å². The van der Waals surface area contributed by atoms with Gasteiger partial charge in [-0.2, -0.15) is 0 Å². The third-order valence-corrected chi connectivity index (χ3v) is 5.99. The third-order valence-electron chi connectivity index (χ3n) is 5.99.